The summed E-state index contributed by atoms with van der Waals surface area (Å²) in [6.45, 7) is 8.72. The zero-order valence-corrected chi connectivity index (χ0v) is 10.8. The van der Waals surface area contributed by atoms with Gasteiger partial charge in [0.25, 0.3) is 0 Å². The molecule has 0 heterocycles. The molecular formula is C12H24OS. The minimum atomic E-state index is 0.435. The highest BCUT2D eigenvalue weighted by molar-refractivity contribution is 7.99. The van der Waals surface area contributed by atoms with Crippen molar-refractivity contribution in [3.05, 3.63) is 0 Å². The standard InChI is InChI=1S/C12H24OS/c1-5-11(6-2)7-12(13)9-14-8-10(3)4/h10-11H,5-9H2,1-4H3. The first-order valence-electron chi connectivity index (χ1n) is 5.69. The van der Waals surface area contributed by atoms with Gasteiger partial charge < -0.3 is 0 Å². The van der Waals surface area contributed by atoms with Gasteiger partial charge in [0.1, 0.15) is 5.78 Å². The fourth-order valence-corrected chi connectivity index (χ4v) is 2.30. The minimum absolute atomic E-state index is 0.435. The molecule has 0 unspecified atom stereocenters. The Morgan fingerprint density at radius 3 is 2.21 bits per heavy atom. The fourth-order valence-electron chi connectivity index (χ4n) is 1.37. The van der Waals surface area contributed by atoms with Gasteiger partial charge in [-0.15, -0.1) is 0 Å². The molecule has 0 spiro atoms. The Labute approximate surface area is 93.0 Å². The number of ketones is 1. The van der Waals surface area contributed by atoms with Gasteiger partial charge in [0.15, 0.2) is 0 Å². The molecule has 0 radical (unpaired) electrons. The molecule has 0 saturated heterocycles. The van der Waals surface area contributed by atoms with Gasteiger partial charge in [-0.05, 0) is 17.6 Å². The number of Topliss-reactive ketones (excluding diaryl/α,β-unsaturated/α-hetero) is 1. The maximum Gasteiger partial charge on any atom is 0.143 e. The summed E-state index contributed by atoms with van der Waals surface area (Å²) in [6, 6.07) is 0. The topological polar surface area (TPSA) is 17.1 Å². The molecule has 14 heavy (non-hydrogen) atoms. The second-order valence-electron chi connectivity index (χ2n) is 4.33. The van der Waals surface area contributed by atoms with E-state index in [1.54, 1.807) is 11.8 Å². The van der Waals surface area contributed by atoms with E-state index in [0.717, 1.165) is 25.0 Å². The average molecular weight is 216 g/mol. The van der Waals surface area contributed by atoms with Gasteiger partial charge in [0.05, 0.1) is 5.75 Å². The fraction of sp³-hybridized carbons (Fsp3) is 0.917. The van der Waals surface area contributed by atoms with E-state index in [4.69, 9.17) is 0 Å². The van der Waals surface area contributed by atoms with E-state index in [0.29, 0.717) is 23.4 Å². The van der Waals surface area contributed by atoms with E-state index < -0.39 is 0 Å². The SMILES string of the molecule is CCC(CC)CC(=O)CSCC(C)C. The third-order valence-electron chi connectivity index (χ3n) is 2.39. The molecule has 0 fully saturated rings. The maximum atomic E-state index is 11.5. The average Bonchev–Trinajstić information content (AvgIpc) is 2.13. The summed E-state index contributed by atoms with van der Waals surface area (Å²) in [5, 5.41) is 0. The maximum absolute atomic E-state index is 11.5. The zero-order chi connectivity index (χ0) is 11.0. The predicted octanol–water partition coefficient (Wildman–Crippen LogP) is 3.77. The van der Waals surface area contributed by atoms with Crippen molar-refractivity contribution >= 4 is 17.5 Å². The summed E-state index contributed by atoms with van der Waals surface area (Å²) in [5.41, 5.74) is 0. The molecule has 0 aliphatic heterocycles. The van der Waals surface area contributed by atoms with E-state index in [2.05, 4.69) is 27.7 Å². The van der Waals surface area contributed by atoms with Gasteiger partial charge in [-0.25, -0.2) is 0 Å². The molecule has 0 rings (SSSR count). The molecule has 0 aliphatic carbocycles. The van der Waals surface area contributed by atoms with Crippen LogP contribution < -0.4 is 0 Å². The molecule has 0 amide bonds. The van der Waals surface area contributed by atoms with Crippen molar-refractivity contribution in [3.63, 3.8) is 0 Å². The van der Waals surface area contributed by atoms with Crippen LogP contribution in [0.3, 0.4) is 0 Å². The van der Waals surface area contributed by atoms with Crippen molar-refractivity contribution in [1.82, 2.24) is 0 Å². The Bertz CT molecular complexity index is 150. The van der Waals surface area contributed by atoms with Gasteiger partial charge >= 0.3 is 0 Å². The van der Waals surface area contributed by atoms with Crippen molar-refractivity contribution in [3.8, 4) is 0 Å². The molecule has 0 bridgehead atoms. The van der Waals surface area contributed by atoms with Crippen LogP contribution in [0.2, 0.25) is 0 Å². The lowest BCUT2D eigenvalue weighted by Crippen LogP contribution is -2.10. The molecule has 0 atom stereocenters. The van der Waals surface area contributed by atoms with Crippen LogP contribution in [0.4, 0.5) is 0 Å². The molecule has 1 nitrogen and oxygen atoms in total. The number of carbonyl (C=O) groups is 1. The molecule has 0 aliphatic rings. The van der Waals surface area contributed by atoms with Gasteiger partial charge in [-0.3, -0.25) is 4.79 Å². The van der Waals surface area contributed by atoms with E-state index in [9.17, 15) is 4.79 Å². The third kappa shape index (κ3) is 7.43. The second-order valence-corrected chi connectivity index (χ2v) is 5.36. The Balaban J connectivity index is 3.54. The number of rotatable bonds is 8. The number of thioether (sulfide) groups is 1. The quantitative estimate of drug-likeness (QED) is 0.614. The highest BCUT2D eigenvalue weighted by atomic mass is 32.2. The molecule has 0 saturated carbocycles. The lowest BCUT2D eigenvalue weighted by Gasteiger charge is -2.10. The lowest BCUT2D eigenvalue weighted by atomic mass is 9.98. The molecule has 0 aromatic rings. The molecule has 84 valence electrons. The first-order valence-corrected chi connectivity index (χ1v) is 6.85. The van der Waals surface area contributed by atoms with Crippen LogP contribution in [0, 0.1) is 11.8 Å². The van der Waals surface area contributed by atoms with Gasteiger partial charge in [-0.2, -0.15) is 11.8 Å². The number of carbonyl (C=O) groups excluding carboxylic acids is 1. The van der Waals surface area contributed by atoms with Crippen LogP contribution >= 0.6 is 11.8 Å². The van der Waals surface area contributed by atoms with E-state index >= 15 is 0 Å². The molecular weight excluding hydrogens is 192 g/mol. The summed E-state index contributed by atoms with van der Waals surface area (Å²) in [6.07, 6.45) is 3.06. The van der Waals surface area contributed by atoms with Crippen molar-refractivity contribution in [2.45, 2.75) is 47.0 Å². The van der Waals surface area contributed by atoms with Gasteiger partial charge in [0.2, 0.25) is 0 Å². The largest absolute Gasteiger partial charge is 0.299 e. The molecule has 2 heteroatoms. The zero-order valence-electron chi connectivity index (χ0n) is 10.0. The van der Waals surface area contributed by atoms with Crippen LogP contribution in [0.5, 0.6) is 0 Å². The monoisotopic (exact) mass is 216 g/mol. The molecule has 0 N–H and O–H groups in total. The summed E-state index contributed by atoms with van der Waals surface area (Å²) < 4.78 is 0. The smallest absolute Gasteiger partial charge is 0.143 e. The Hall–Kier alpha value is 0.0200. The van der Waals surface area contributed by atoms with Crippen molar-refractivity contribution < 1.29 is 4.79 Å². The van der Waals surface area contributed by atoms with Gasteiger partial charge in [0, 0.05) is 6.42 Å². The summed E-state index contributed by atoms with van der Waals surface area (Å²) in [5.74, 6) is 3.57. The first-order chi connectivity index (χ1) is 6.60. The Morgan fingerprint density at radius 2 is 1.79 bits per heavy atom. The van der Waals surface area contributed by atoms with Crippen LogP contribution in [0.15, 0.2) is 0 Å². The molecule has 0 aromatic carbocycles. The number of hydrogen-bond donors (Lipinski definition) is 0. The number of hydrogen-bond acceptors (Lipinski definition) is 2. The normalized spacial score (nSPS) is 11.3. The summed E-state index contributed by atoms with van der Waals surface area (Å²) in [4.78, 5) is 11.5. The van der Waals surface area contributed by atoms with E-state index in [1.807, 2.05) is 0 Å². The minimum Gasteiger partial charge on any atom is -0.299 e. The third-order valence-corrected chi connectivity index (χ3v) is 3.81. The molecule has 0 aromatic heterocycles. The summed E-state index contributed by atoms with van der Waals surface area (Å²) in [7, 11) is 0. The van der Waals surface area contributed by atoms with Crippen LogP contribution in [0.1, 0.15) is 47.0 Å². The van der Waals surface area contributed by atoms with Crippen LogP contribution in [0.25, 0.3) is 0 Å². The first kappa shape index (κ1) is 14.0. The summed E-state index contributed by atoms with van der Waals surface area (Å²) >= 11 is 1.78. The van der Waals surface area contributed by atoms with Crippen LogP contribution in [-0.4, -0.2) is 17.3 Å². The van der Waals surface area contributed by atoms with Crippen molar-refractivity contribution in [2.75, 3.05) is 11.5 Å². The second kappa shape index (κ2) is 8.34. The Morgan fingerprint density at radius 1 is 1.21 bits per heavy atom. The predicted molar refractivity (Wildman–Crippen MR) is 65.9 cm³/mol. The van der Waals surface area contributed by atoms with Gasteiger partial charge in [-0.1, -0.05) is 40.5 Å². The Kier molecular flexibility index (Phi) is 8.35. The van der Waals surface area contributed by atoms with Crippen LogP contribution in [-0.2, 0) is 4.79 Å². The highest BCUT2D eigenvalue weighted by Crippen LogP contribution is 2.15. The van der Waals surface area contributed by atoms with E-state index in [1.165, 1.54) is 0 Å². The van der Waals surface area contributed by atoms with Crippen molar-refractivity contribution in [2.24, 2.45) is 11.8 Å². The lowest BCUT2D eigenvalue weighted by molar-refractivity contribution is -0.117. The van der Waals surface area contributed by atoms with E-state index in [-0.39, 0.29) is 0 Å². The highest BCUT2D eigenvalue weighted by Gasteiger charge is 2.10. The van der Waals surface area contributed by atoms with Crippen molar-refractivity contribution in [1.29, 1.82) is 0 Å².